The normalized spacial score (nSPS) is 12.1. The first-order chi connectivity index (χ1) is 16.7. The molecular formula is C21H25ClF3N3O7S. The molecule has 0 saturated carbocycles. The minimum atomic E-state index is -4.67. The molecule has 0 atom stereocenters. The molecule has 1 aromatic carbocycles. The van der Waals surface area contributed by atoms with Gasteiger partial charge in [-0.25, -0.2) is 9.78 Å². The van der Waals surface area contributed by atoms with Crippen molar-refractivity contribution in [1.82, 2.24) is 9.29 Å². The molecule has 0 aliphatic carbocycles. The second-order valence-corrected chi connectivity index (χ2v) is 9.71. The van der Waals surface area contributed by atoms with E-state index in [1.54, 1.807) is 13.8 Å². The number of nitrogens with zero attached hydrogens (tertiary/aromatic N) is 2. The van der Waals surface area contributed by atoms with E-state index in [0.29, 0.717) is 18.0 Å². The minimum absolute atomic E-state index is 0.0119. The molecular weight excluding hydrogens is 531 g/mol. The van der Waals surface area contributed by atoms with Crippen LogP contribution in [0.3, 0.4) is 0 Å². The summed E-state index contributed by atoms with van der Waals surface area (Å²) in [6, 6.07) is 5.03. The Bertz CT molecular complexity index is 1160. The highest BCUT2D eigenvalue weighted by molar-refractivity contribution is 7.84. The fourth-order valence-electron chi connectivity index (χ4n) is 2.84. The van der Waals surface area contributed by atoms with Gasteiger partial charge in [0.25, 0.3) is 0 Å². The number of amides is 1. The van der Waals surface area contributed by atoms with Crippen molar-refractivity contribution in [2.45, 2.75) is 26.6 Å². The average molecular weight is 556 g/mol. The van der Waals surface area contributed by atoms with Gasteiger partial charge in [-0.15, -0.1) is 0 Å². The summed E-state index contributed by atoms with van der Waals surface area (Å²) in [6.07, 6.45) is -5.62. The van der Waals surface area contributed by atoms with Gasteiger partial charge >= 0.3 is 22.6 Å². The summed E-state index contributed by atoms with van der Waals surface area (Å²) in [7, 11) is -3.09. The summed E-state index contributed by atoms with van der Waals surface area (Å²) in [5.41, 5.74) is 4.05. The topological polar surface area (TPSA) is 130 Å². The van der Waals surface area contributed by atoms with Gasteiger partial charge in [-0.1, -0.05) is 31.5 Å². The molecule has 0 saturated heterocycles. The smallest absolute Gasteiger partial charge is 0.421 e. The molecule has 2 N–H and O–H groups in total. The van der Waals surface area contributed by atoms with Crippen molar-refractivity contribution in [2.75, 3.05) is 26.9 Å². The van der Waals surface area contributed by atoms with Gasteiger partial charge in [-0.05, 0) is 18.1 Å². The van der Waals surface area contributed by atoms with E-state index in [-0.39, 0.29) is 49.4 Å². The fourth-order valence-corrected chi connectivity index (χ4v) is 4.14. The highest BCUT2D eigenvalue weighted by Gasteiger charge is 2.32. The van der Waals surface area contributed by atoms with E-state index >= 15 is 0 Å². The van der Waals surface area contributed by atoms with Gasteiger partial charge < -0.3 is 24.1 Å². The van der Waals surface area contributed by atoms with Gasteiger partial charge in [-0.3, -0.25) is 0 Å². The zero-order valence-corrected chi connectivity index (χ0v) is 21.1. The van der Waals surface area contributed by atoms with Crippen molar-refractivity contribution in [3.63, 3.8) is 0 Å². The molecule has 36 heavy (non-hydrogen) atoms. The minimum Gasteiger partial charge on any atom is -0.491 e. The van der Waals surface area contributed by atoms with E-state index in [1.165, 1.54) is 25.3 Å². The molecule has 200 valence electrons. The van der Waals surface area contributed by atoms with Crippen molar-refractivity contribution in [1.29, 1.82) is 0 Å². The van der Waals surface area contributed by atoms with Crippen LogP contribution in [0.1, 0.15) is 25.0 Å². The highest BCUT2D eigenvalue weighted by atomic mass is 35.5. The van der Waals surface area contributed by atoms with Crippen molar-refractivity contribution < 1.29 is 44.8 Å². The summed E-state index contributed by atoms with van der Waals surface area (Å²) in [4.78, 5) is 14.8. The summed E-state index contributed by atoms with van der Waals surface area (Å²) in [5.74, 6) is -0.252. The Morgan fingerprint density at radius 3 is 2.47 bits per heavy atom. The Balaban J connectivity index is 2.48. The van der Waals surface area contributed by atoms with E-state index < -0.39 is 33.2 Å². The molecule has 0 bridgehead atoms. The fraction of sp³-hybridized carbons (Fsp3) is 0.429. The molecule has 2 aromatic rings. The number of primary amides is 1. The number of aromatic nitrogens is 1. The number of alkyl halides is 3. The number of methoxy groups -OCH3 is 1. The van der Waals surface area contributed by atoms with Gasteiger partial charge in [-0.2, -0.15) is 25.9 Å². The SMILES string of the molecule is COCCOc1ccc(CN(CC(C)C)S(=O)(=O)OC(N)=O)c(Oc2ncc(C(F)(F)F)cc2Cl)c1. The number of pyridine rings is 1. The third-order valence-electron chi connectivity index (χ3n) is 4.36. The molecule has 10 nitrogen and oxygen atoms in total. The lowest BCUT2D eigenvalue weighted by Crippen LogP contribution is -2.37. The number of hydrogen-bond acceptors (Lipinski definition) is 8. The standard InChI is InChI=1S/C21H25ClF3N3O7S/c1-13(2)11-28(36(30,31)35-20(26)29)12-14-4-5-16(33-7-6-32-3)9-18(14)34-19-17(22)8-15(10-27-19)21(23,24)25/h4-5,8-10,13H,6-7,11-12H2,1-3H3,(H2,26,29). The number of ether oxygens (including phenoxy) is 3. The monoisotopic (exact) mass is 555 g/mol. The molecule has 0 spiro atoms. The van der Waals surface area contributed by atoms with Crippen molar-refractivity contribution in [2.24, 2.45) is 11.7 Å². The lowest BCUT2D eigenvalue weighted by molar-refractivity contribution is -0.137. The van der Waals surface area contributed by atoms with Gasteiger partial charge in [0.1, 0.15) is 23.1 Å². The van der Waals surface area contributed by atoms with Crippen LogP contribution in [0.4, 0.5) is 18.0 Å². The Kier molecular flexibility index (Phi) is 10.2. The highest BCUT2D eigenvalue weighted by Crippen LogP contribution is 2.37. The first-order valence-corrected chi connectivity index (χ1v) is 12.1. The average Bonchev–Trinajstić information content (AvgIpc) is 2.74. The van der Waals surface area contributed by atoms with Crippen LogP contribution in [0.25, 0.3) is 0 Å². The lowest BCUT2D eigenvalue weighted by Gasteiger charge is -2.23. The Morgan fingerprint density at radius 1 is 1.22 bits per heavy atom. The maximum absolute atomic E-state index is 13.0. The maximum Gasteiger partial charge on any atom is 0.421 e. The second kappa shape index (κ2) is 12.4. The van der Waals surface area contributed by atoms with Crippen molar-refractivity contribution >= 4 is 28.0 Å². The van der Waals surface area contributed by atoms with Gasteiger partial charge in [0.05, 0.1) is 12.2 Å². The van der Waals surface area contributed by atoms with Crippen LogP contribution in [-0.4, -0.2) is 50.7 Å². The molecule has 1 amide bonds. The lowest BCUT2D eigenvalue weighted by atomic mass is 10.1. The van der Waals surface area contributed by atoms with Gasteiger partial charge in [0.15, 0.2) is 0 Å². The molecule has 0 unspecified atom stereocenters. The number of hydrogen-bond donors (Lipinski definition) is 1. The molecule has 0 radical (unpaired) electrons. The van der Waals surface area contributed by atoms with E-state index in [0.717, 1.165) is 4.31 Å². The first-order valence-electron chi connectivity index (χ1n) is 10.4. The number of carbonyl (C=O) groups excluding carboxylic acids is 1. The molecule has 1 heterocycles. The number of rotatable bonds is 12. The maximum atomic E-state index is 13.0. The Hall–Kier alpha value is -2.81. The van der Waals surface area contributed by atoms with Crippen molar-refractivity contribution in [3.05, 3.63) is 46.6 Å². The summed E-state index contributed by atoms with van der Waals surface area (Å²) in [5, 5.41) is -0.426. The predicted octanol–water partition coefficient (Wildman–Crippen LogP) is 4.37. The van der Waals surface area contributed by atoms with Crippen LogP contribution in [0.5, 0.6) is 17.4 Å². The Labute approximate surface area is 211 Å². The number of halogens is 4. The van der Waals surface area contributed by atoms with E-state index in [9.17, 15) is 26.4 Å². The van der Waals surface area contributed by atoms with Gasteiger partial charge in [0.2, 0.25) is 5.88 Å². The number of carbonyl (C=O) groups is 1. The van der Waals surface area contributed by atoms with Crippen LogP contribution in [0.15, 0.2) is 30.5 Å². The third kappa shape index (κ3) is 8.69. The molecule has 1 aromatic heterocycles. The summed E-state index contributed by atoms with van der Waals surface area (Å²) in [6.45, 7) is 3.52. The largest absolute Gasteiger partial charge is 0.491 e. The zero-order chi connectivity index (χ0) is 27.1. The first kappa shape index (κ1) is 29.4. The summed E-state index contributed by atoms with van der Waals surface area (Å²) >= 11 is 5.97. The van der Waals surface area contributed by atoms with Crippen LogP contribution >= 0.6 is 11.6 Å². The van der Waals surface area contributed by atoms with Crippen molar-refractivity contribution in [3.8, 4) is 17.4 Å². The van der Waals surface area contributed by atoms with Crippen LogP contribution in [-0.2, 0) is 31.9 Å². The van der Waals surface area contributed by atoms with Crippen LogP contribution in [0.2, 0.25) is 5.02 Å². The van der Waals surface area contributed by atoms with Crippen LogP contribution in [0, 0.1) is 5.92 Å². The van der Waals surface area contributed by atoms with Gasteiger partial charge in [0, 0.05) is 38.0 Å². The quantitative estimate of drug-likeness (QED) is 0.382. The third-order valence-corrected chi connectivity index (χ3v) is 5.91. The molecule has 0 aliphatic rings. The molecule has 2 rings (SSSR count). The molecule has 15 heteroatoms. The predicted molar refractivity (Wildman–Crippen MR) is 123 cm³/mol. The van der Waals surface area contributed by atoms with Crippen LogP contribution < -0.4 is 15.2 Å². The molecule has 0 fully saturated rings. The van der Waals surface area contributed by atoms with E-state index in [2.05, 4.69) is 9.17 Å². The number of nitrogens with two attached hydrogens (primary N) is 1. The van der Waals surface area contributed by atoms with E-state index in [4.69, 9.17) is 31.5 Å². The zero-order valence-electron chi connectivity index (χ0n) is 19.5. The summed E-state index contributed by atoms with van der Waals surface area (Å²) < 4.78 is 85.3. The number of benzene rings is 1. The Morgan fingerprint density at radius 2 is 1.92 bits per heavy atom. The van der Waals surface area contributed by atoms with E-state index in [1.807, 2.05) is 0 Å². The second-order valence-electron chi connectivity index (χ2n) is 7.77. The molecule has 0 aliphatic heterocycles.